The summed E-state index contributed by atoms with van der Waals surface area (Å²) < 4.78 is 10.3. The first-order chi connectivity index (χ1) is 12.7. The predicted molar refractivity (Wildman–Crippen MR) is 106 cm³/mol. The predicted octanol–water partition coefficient (Wildman–Crippen LogP) is 4.12. The van der Waals surface area contributed by atoms with Gasteiger partial charge in [-0.05, 0) is 43.5 Å². The van der Waals surface area contributed by atoms with Gasteiger partial charge in [-0.2, -0.15) is 0 Å². The number of aromatic nitrogens is 2. The van der Waals surface area contributed by atoms with Crippen LogP contribution in [0.25, 0.3) is 11.3 Å². The molecule has 7 nitrogen and oxygen atoms in total. The van der Waals surface area contributed by atoms with Gasteiger partial charge in [0.2, 0.25) is 0 Å². The van der Waals surface area contributed by atoms with Crippen molar-refractivity contribution in [1.82, 2.24) is 9.97 Å². The van der Waals surface area contributed by atoms with Crippen LogP contribution in [0.1, 0.15) is 27.2 Å². The molecule has 0 aliphatic carbocycles. The Morgan fingerprint density at radius 1 is 1.37 bits per heavy atom. The molecule has 2 heterocycles. The van der Waals surface area contributed by atoms with Crippen molar-refractivity contribution < 1.29 is 14.3 Å². The van der Waals surface area contributed by atoms with Crippen molar-refractivity contribution in [3.05, 3.63) is 35.6 Å². The Morgan fingerprint density at radius 3 is 2.74 bits per heavy atom. The van der Waals surface area contributed by atoms with Gasteiger partial charge in [0.15, 0.2) is 10.9 Å². The molecule has 146 valence electrons. The van der Waals surface area contributed by atoms with Gasteiger partial charge in [0.1, 0.15) is 12.4 Å². The highest BCUT2D eigenvalue weighted by Crippen LogP contribution is 2.28. The van der Waals surface area contributed by atoms with Crippen molar-refractivity contribution in [3.63, 3.8) is 0 Å². The van der Waals surface area contributed by atoms with E-state index in [4.69, 9.17) is 22.1 Å². The van der Waals surface area contributed by atoms with Crippen molar-refractivity contribution in [3.8, 4) is 17.0 Å². The molecule has 1 amide bonds. The first-order valence-corrected chi connectivity index (χ1v) is 8.97. The van der Waals surface area contributed by atoms with Gasteiger partial charge in [-0.25, -0.2) is 14.8 Å². The number of pyridine rings is 2. The molecule has 2 rings (SSSR count). The van der Waals surface area contributed by atoms with Crippen LogP contribution in [0.4, 0.5) is 10.6 Å². The van der Waals surface area contributed by atoms with E-state index >= 15 is 0 Å². The van der Waals surface area contributed by atoms with Crippen LogP contribution >= 0.6 is 11.6 Å². The van der Waals surface area contributed by atoms with E-state index in [-0.39, 0.29) is 5.15 Å². The Hall–Kier alpha value is -2.38. The molecule has 0 radical (unpaired) electrons. The molecular formula is C19H25ClN4O3. The van der Waals surface area contributed by atoms with Crippen LogP contribution in [0.5, 0.6) is 5.75 Å². The summed E-state index contributed by atoms with van der Waals surface area (Å²) in [4.78, 5) is 19.7. The first-order valence-electron chi connectivity index (χ1n) is 8.60. The molecule has 27 heavy (non-hydrogen) atoms. The minimum Gasteiger partial charge on any atom is -0.488 e. The van der Waals surface area contributed by atoms with Crippen LogP contribution in [0.3, 0.4) is 0 Å². The van der Waals surface area contributed by atoms with Crippen LogP contribution in [0.2, 0.25) is 5.15 Å². The Morgan fingerprint density at radius 2 is 2.11 bits per heavy atom. The quantitative estimate of drug-likeness (QED) is 0.687. The molecule has 0 bridgehead atoms. The zero-order valence-electron chi connectivity index (χ0n) is 16.0. The van der Waals surface area contributed by atoms with E-state index in [1.165, 1.54) is 7.11 Å². The van der Waals surface area contributed by atoms with Crippen molar-refractivity contribution in [1.29, 1.82) is 0 Å². The number of hydrogen-bond donors (Lipinski definition) is 2. The molecule has 0 aromatic carbocycles. The molecular weight excluding hydrogens is 368 g/mol. The summed E-state index contributed by atoms with van der Waals surface area (Å²) in [6, 6.07) is 6.98. The zero-order chi connectivity index (χ0) is 20.0. The second-order valence-corrected chi connectivity index (χ2v) is 7.43. The van der Waals surface area contributed by atoms with Crippen molar-refractivity contribution in [2.45, 2.75) is 32.7 Å². The van der Waals surface area contributed by atoms with Gasteiger partial charge in [0.05, 0.1) is 12.8 Å². The first kappa shape index (κ1) is 20.9. The third-order valence-corrected chi connectivity index (χ3v) is 3.99. The molecule has 0 spiro atoms. The fourth-order valence-electron chi connectivity index (χ4n) is 2.74. The Labute approximate surface area is 164 Å². The number of amides is 1. The molecule has 2 aromatic rings. The molecule has 1 atom stereocenters. The maximum absolute atomic E-state index is 11.3. The number of carbonyl (C=O) groups excluding carboxylic acids is 1. The van der Waals surface area contributed by atoms with Crippen LogP contribution in [-0.4, -0.2) is 35.3 Å². The van der Waals surface area contributed by atoms with Gasteiger partial charge in [-0.3, -0.25) is 5.32 Å². The summed E-state index contributed by atoms with van der Waals surface area (Å²) in [5.74, 6) is 1.30. The number of methoxy groups -OCH3 is 1. The van der Waals surface area contributed by atoms with E-state index < -0.39 is 11.6 Å². The van der Waals surface area contributed by atoms with Crippen LogP contribution < -0.4 is 15.8 Å². The van der Waals surface area contributed by atoms with E-state index in [1.807, 2.05) is 6.92 Å². The molecule has 0 fully saturated rings. The number of ether oxygens (including phenoxy) is 2. The molecule has 0 saturated carbocycles. The zero-order valence-corrected chi connectivity index (χ0v) is 16.7. The highest BCUT2D eigenvalue weighted by molar-refractivity contribution is 6.31. The Bertz CT molecular complexity index is 796. The molecule has 0 unspecified atom stereocenters. The van der Waals surface area contributed by atoms with E-state index in [0.717, 1.165) is 12.0 Å². The average molecular weight is 393 g/mol. The number of carbonyl (C=O) groups is 1. The smallest absolute Gasteiger partial charge is 0.412 e. The molecule has 0 aliphatic rings. The Balaban J connectivity index is 2.12. The molecule has 0 aliphatic heterocycles. The van der Waals surface area contributed by atoms with E-state index in [9.17, 15) is 4.79 Å². The molecule has 0 saturated heterocycles. The summed E-state index contributed by atoms with van der Waals surface area (Å²) >= 11 is 6.28. The van der Waals surface area contributed by atoms with E-state index in [0.29, 0.717) is 29.8 Å². The lowest BCUT2D eigenvalue weighted by Gasteiger charge is -2.26. The number of anilines is 1. The number of nitrogens with one attached hydrogen (secondary N) is 1. The van der Waals surface area contributed by atoms with E-state index in [2.05, 4.69) is 33.9 Å². The van der Waals surface area contributed by atoms with Crippen LogP contribution in [0, 0.1) is 5.92 Å². The summed E-state index contributed by atoms with van der Waals surface area (Å²) in [5, 5.41) is 2.75. The fraction of sp³-hybridized carbons (Fsp3) is 0.421. The van der Waals surface area contributed by atoms with Gasteiger partial charge < -0.3 is 15.2 Å². The van der Waals surface area contributed by atoms with Gasteiger partial charge >= 0.3 is 6.09 Å². The maximum Gasteiger partial charge on any atom is 0.412 e. The van der Waals surface area contributed by atoms with Crippen LogP contribution in [-0.2, 0) is 4.74 Å². The summed E-state index contributed by atoms with van der Waals surface area (Å²) in [6.45, 7) is 6.53. The second-order valence-electron chi connectivity index (χ2n) is 7.07. The SMILES string of the molecule is COC(=O)Nc1cc(-c2ccc(OC[C@@](C)(N)CC(C)C)c(Cl)n2)ccn1. The van der Waals surface area contributed by atoms with Gasteiger partial charge in [-0.1, -0.05) is 25.4 Å². The highest BCUT2D eigenvalue weighted by atomic mass is 35.5. The fourth-order valence-corrected chi connectivity index (χ4v) is 2.95. The standard InChI is InChI=1S/C19H25ClN4O3/c1-12(2)10-19(3,21)11-27-15-6-5-14(23-17(15)20)13-7-8-22-16(9-13)24-18(25)26-4/h5-9,12H,10-11,21H2,1-4H3,(H,22,24,25)/t19-/m0/s1. The minimum atomic E-state index is -0.597. The van der Waals surface area contributed by atoms with Gasteiger partial charge in [-0.15, -0.1) is 0 Å². The molecule has 2 aromatic heterocycles. The number of hydrogen-bond acceptors (Lipinski definition) is 6. The normalized spacial score (nSPS) is 13.1. The maximum atomic E-state index is 11.3. The van der Waals surface area contributed by atoms with Crippen LogP contribution in [0.15, 0.2) is 30.5 Å². The largest absolute Gasteiger partial charge is 0.488 e. The number of nitrogens with zero attached hydrogens (tertiary/aromatic N) is 2. The second kappa shape index (κ2) is 9.01. The van der Waals surface area contributed by atoms with Gasteiger partial charge in [0.25, 0.3) is 0 Å². The summed E-state index contributed by atoms with van der Waals surface area (Å²) in [7, 11) is 1.28. The lowest BCUT2D eigenvalue weighted by atomic mass is 9.93. The molecule has 8 heteroatoms. The third kappa shape index (κ3) is 6.37. The number of nitrogens with two attached hydrogens (primary N) is 1. The highest BCUT2D eigenvalue weighted by Gasteiger charge is 2.21. The van der Waals surface area contributed by atoms with Crippen molar-refractivity contribution >= 4 is 23.5 Å². The molecule has 3 N–H and O–H groups in total. The lowest BCUT2D eigenvalue weighted by Crippen LogP contribution is -2.43. The summed E-state index contributed by atoms with van der Waals surface area (Å²) in [6.07, 6.45) is 1.80. The minimum absolute atomic E-state index is 0.243. The number of halogens is 1. The summed E-state index contributed by atoms with van der Waals surface area (Å²) in [5.41, 5.74) is 7.18. The lowest BCUT2D eigenvalue weighted by molar-refractivity contribution is 0.187. The van der Waals surface area contributed by atoms with Crippen molar-refractivity contribution in [2.75, 3.05) is 19.0 Å². The Kier molecular flexibility index (Phi) is 6.98. The average Bonchev–Trinajstić information content (AvgIpc) is 2.59. The number of rotatable bonds is 7. The van der Waals surface area contributed by atoms with Gasteiger partial charge in [0, 0.05) is 17.3 Å². The van der Waals surface area contributed by atoms with E-state index in [1.54, 1.807) is 30.5 Å². The topological polar surface area (TPSA) is 99.4 Å². The monoisotopic (exact) mass is 392 g/mol. The van der Waals surface area contributed by atoms with Crippen molar-refractivity contribution in [2.24, 2.45) is 11.7 Å². The third-order valence-electron chi connectivity index (χ3n) is 3.72.